The summed E-state index contributed by atoms with van der Waals surface area (Å²) in [6.45, 7) is 0.894. The van der Waals surface area contributed by atoms with Crippen LogP contribution < -0.4 is 9.44 Å². The molecular weight excluding hydrogens is 380 g/mol. The van der Waals surface area contributed by atoms with Gasteiger partial charge in [-0.05, 0) is 37.1 Å². The maximum absolute atomic E-state index is 12.5. The molecule has 2 rings (SSSR count). The van der Waals surface area contributed by atoms with E-state index >= 15 is 0 Å². The number of likely N-dealkylation sites (tertiary alicyclic amines) is 1. The van der Waals surface area contributed by atoms with Crippen LogP contribution in [0.2, 0.25) is 0 Å². The van der Waals surface area contributed by atoms with Crippen molar-refractivity contribution >= 4 is 31.8 Å². The summed E-state index contributed by atoms with van der Waals surface area (Å²) in [5.41, 5.74) is 0.845. The smallest absolute Gasteiger partial charge is 0.279 e. The molecule has 26 heavy (non-hydrogen) atoms. The largest absolute Gasteiger partial charge is 0.339 e. The monoisotopic (exact) mass is 404 g/mol. The molecule has 1 aliphatic heterocycles. The van der Waals surface area contributed by atoms with Gasteiger partial charge in [-0.1, -0.05) is 0 Å². The Labute approximate surface area is 154 Å². The van der Waals surface area contributed by atoms with Gasteiger partial charge in [-0.2, -0.15) is 17.4 Å². The van der Waals surface area contributed by atoms with Crippen molar-refractivity contribution < 1.29 is 21.6 Å². The van der Waals surface area contributed by atoms with Crippen LogP contribution in [0.15, 0.2) is 24.3 Å². The summed E-state index contributed by atoms with van der Waals surface area (Å²) in [6, 6.07) is 6.00. The highest BCUT2D eigenvalue weighted by molar-refractivity contribution is 7.92. The third-order valence-electron chi connectivity index (χ3n) is 4.01. The minimum absolute atomic E-state index is 0.162. The molecule has 0 bridgehead atoms. The minimum Gasteiger partial charge on any atom is -0.339 e. The lowest BCUT2D eigenvalue weighted by atomic mass is 10.0. The molecule has 0 aliphatic carbocycles. The minimum atomic E-state index is -3.48. The summed E-state index contributed by atoms with van der Waals surface area (Å²) in [5, 5.41) is 0. The van der Waals surface area contributed by atoms with E-state index in [0.29, 0.717) is 37.2 Å². The number of hydrogen-bond acceptors (Lipinski definition) is 5. The molecule has 9 nitrogen and oxygen atoms in total. The number of nitrogens with zero attached hydrogens (tertiary/aromatic N) is 2. The van der Waals surface area contributed by atoms with Crippen molar-refractivity contribution in [2.75, 3.05) is 38.2 Å². The van der Waals surface area contributed by atoms with Crippen LogP contribution in [-0.2, 0) is 20.2 Å². The van der Waals surface area contributed by atoms with Crippen molar-refractivity contribution in [2.24, 2.45) is 0 Å². The second-order valence-electron chi connectivity index (χ2n) is 6.42. The Balaban J connectivity index is 1.94. The highest BCUT2D eigenvalue weighted by Crippen LogP contribution is 2.17. The van der Waals surface area contributed by atoms with Crippen LogP contribution in [0.5, 0.6) is 0 Å². The van der Waals surface area contributed by atoms with Crippen molar-refractivity contribution in [2.45, 2.75) is 18.9 Å². The van der Waals surface area contributed by atoms with E-state index in [1.807, 2.05) is 0 Å². The summed E-state index contributed by atoms with van der Waals surface area (Å²) in [7, 11) is -3.92. The SMILES string of the molecule is CN(C)S(=O)(=O)NC1CCN(C(=O)c2ccc(NS(C)(=O)=O)cc2)CC1. The van der Waals surface area contributed by atoms with Crippen molar-refractivity contribution in [1.82, 2.24) is 13.9 Å². The van der Waals surface area contributed by atoms with Crippen LogP contribution >= 0.6 is 0 Å². The molecule has 1 aromatic carbocycles. The molecule has 2 N–H and O–H groups in total. The Morgan fingerprint density at radius 3 is 2.08 bits per heavy atom. The molecule has 1 amide bonds. The number of amides is 1. The van der Waals surface area contributed by atoms with Gasteiger partial charge in [-0.15, -0.1) is 0 Å². The van der Waals surface area contributed by atoms with E-state index < -0.39 is 20.2 Å². The lowest BCUT2D eigenvalue weighted by Crippen LogP contribution is -2.49. The molecule has 0 unspecified atom stereocenters. The van der Waals surface area contributed by atoms with Gasteiger partial charge in [0.25, 0.3) is 16.1 Å². The number of nitrogens with one attached hydrogen (secondary N) is 2. The molecule has 0 aromatic heterocycles. The highest BCUT2D eigenvalue weighted by atomic mass is 32.2. The van der Waals surface area contributed by atoms with Crippen LogP contribution in [-0.4, -0.2) is 71.4 Å². The molecule has 0 saturated carbocycles. The third-order valence-corrected chi connectivity index (χ3v) is 6.21. The van der Waals surface area contributed by atoms with E-state index in [-0.39, 0.29) is 11.9 Å². The average molecular weight is 405 g/mol. The summed E-state index contributed by atoms with van der Waals surface area (Å²) in [6.07, 6.45) is 2.12. The van der Waals surface area contributed by atoms with Gasteiger partial charge in [0.05, 0.1) is 6.26 Å². The van der Waals surface area contributed by atoms with Crippen LogP contribution in [0, 0.1) is 0 Å². The van der Waals surface area contributed by atoms with Gasteiger partial charge >= 0.3 is 0 Å². The maximum Gasteiger partial charge on any atom is 0.279 e. The molecule has 0 spiro atoms. The van der Waals surface area contributed by atoms with Gasteiger partial charge in [0.1, 0.15) is 0 Å². The molecular formula is C15H24N4O5S2. The zero-order chi connectivity index (χ0) is 19.5. The number of rotatable bonds is 6. The fraction of sp³-hybridized carbons (Fsp3) is 0.533. The first-order valence-electron chi connectivity index (χ1n) is 8.05. The van der Waals surface area contributed by atoms with Gasteiger partial charge in [0, 0.05) is 44.5 Å². The first-order valence-corrected chi connectivity index (χ1v) is 11.4. The van der Waals surface area contributed by atoms with Crippen molar-refractivity contribution in [3.63, 3.8) is 0 Å². The van der Waals surface area contributed by atoms with Gasteiger partial charge in [-0.25, -0.2) is 8.42 Å². The number of benzene rings is 1. The molecule has 1 saturated heterocycles. The Morgan fingerprint density at radius 1 is 1.08 bits per heavy atom. The second kappa shape index (κ2) is 7.91. The predicted octanol–water partition coefficient (Wildman–Crippen LogP) is 0.0587. The Kier molecular flexibility index (Phi) is 6.27. The second-order valence-corrected chi connectivity index (χ2v) is 10.1. The number of hydrogen-bond donors (Lipinski definition) is 2. The molecule has 1 aliphatic rings. The standard InChI is InChI=1S/C15H24N4O5S2/c1-18(2)26(23,24)17-14-8-10-19(11-9-14)15(20)12-4-6-13(7-5-12)16-25(3,21)22/h4-7,14,16-17H,8-11H2,1-3H3. The van der Waals surface area contributed by atoms with Gasteiger partial charge in [0.2, 0.25) is 10.0 Å². The van der Waals surface area contributed by atoms with Crippen LogP contribution in [0.4, 0.5) is 5.69 Å². The summed E-state index contributed by atoms with van der Waals surface area (Å²) < 4.78 is 52.2. The van der Waals surface area contributed by atoms with Crippen LogP contribution in [0.25, 0.3) is 0 Å². The fourth-order valence-electron chi connectivity index (χ4n) is 2.59. The molecule has 146 valence electrons. The molecule has 1 heterocycles. The van der Waals surface area contributed by atoms with E-state index in [1.165, 1.54) is 26.2 Å². The summed E-state index contributed by atoms with van der Waals surface area (Å²) in [4.78, 5) is 14.2. The van der Waals surface area contributed by atoms with Gasteiger partial charge < -0.3 is 4.90 Å². The summed E-state index contributed by atoms with van der Waals surface area (Å²) in [5.74, 6) is -0.162. The van der Waals surface area contributed by atoms with Crippen LogP contribution in [0.3, 0.4) is 0 Å². The van der Waals surface area contributed by atoms with Crippen LogP contribution in [0.1, 0.15) is 23.2 Å². The average Bonchev–Trinajstić information content (AvgIpc) is 2.53. The van der Waals surface area contributed by atoms with Gasteiger partial charge in [0.15, 0.2) is 0 Å². The number of sulfonamides is 1. The molecule has 0 atom stereocenters. The van der Waals surface area contributed by atoms with E-state index in [1.54, 1.807) is 17.0 Å². The maximum atomic E-state index is 12.5. The summed E-state index contributed by atoms with van der Waals surface area (Å²) >= 11 is 0. The van der Waals surface area contributed by atoms with Crippen molar-refractivity contribution in [1.29, 1.82) is 0 Å². The highest BCUT2D eigenvalue weighted by Gasteiger charge is 2.27. The van der Waals surface area contributed by atoms with Crippen molar-refractivity contribution in [3.8, 4) is 0 Å². The normalized spacial score (nSPS) is 16.7. The van der Waals surface area contributed by atoms with Gasteiger partial charge in [-0.3, -0.25) is 9.52 Å². The Morgan fingerprint density at radius 2 is 1.62 bits per heavy atom. The zero-order valence-corrected chi connectivity index (χ0v) is 16.6. The number of anilines is 1. The topological polar surface area (TPSA) is 116 Å². The Bertz CT molecular complexity index is 843. The lowest BCUT2D eigenvalue weighted by molar-refractivity contribution is 0.0711. The number of carbonyl (C=O) groups is 1. The van der Waals surface area contributed by atoms with E-state index in [0.717, 1.165) is 10.6 Å². The number of piperidine rings is 1. The predicted molar refractivity (Wildman–Crippen MR) is 99.6 cm³/mol. The first-order chi connectivity index (χ1) is 12.0. The zero-order valence-electron chi connectivity index (χ0n) is 15.0. The first kappa shape index (κ1) is 20.6. The molecule has 11 heteroatoms. The third kappa shape index (κ3) is 5.66. The molecule has 0 radical (unpaired) electrons. The van der Waals surface area contributed by atoms with Crippen molar-refractivity contribution in [3.05, 3.63) is 29.8 Å². The van der Waals surface area contributed by atoms with E-state index in [2.05, 4.69) is 9.44 Å². The van der Waals surface area contributed by atoms with E-state index in [4.69, 9.17) is 0 Å². The fourth-order valence-corrected chi connectivity index (χ4v) is 4.03. The lowest BCUT2D eigenvalue weighted by Gasteiger charge is -2.32. The van der Waals surface area contributed by atoms with E-state index in [9.17, 15) is 21.6 Å². The molecule has 1 fully saturated rings. The Hall–Kier alpha value is -1.69. The molecule has 1 aromatic rings. The number of carbonyl (C=O) groups excluding carboxylic acids is 1. The quantitative estimate of drug-likeness (QED) is 0.695.